The zero-order valence-electron chi connectivity index (χ0n) is 54.9. The lowest BCUT2D eigenvalue weighted by Crippen LogP contribution is -2.30. The third-order valence-corrected chi connectivity index (χ3v) is 15.6. The summed E-state index contributed by atoms with van der Waals surface area (Å²) in [6, 6.07) is 0. The SMILES string of the molecule is CC/C=C\C/C=C\C/C=C\C/C=C\C/C=C\C/C=C\CCCCC(=O)OC(COC(=O)CCCCCCCCCCC)COC(=O)CCCCCCCCCCCCCCCCCCCCCCCCC/C=C\C/C=C\CCCCCCC. The number of unbranched alkanes of at least 4 members (excludes halogenated alkanes) is 38. The predicted octanol–water partition coefficient (Wildman–Crippen LogP) is 24.8. The zero-order chi connectivity index (χ0) is 59.9. The van der Waals surface area contributed by atoms with Crippen molar-refractivity contribution in [2.75, 3.05) is 13.2 Å². The Balaban J connectivity index is 4.10. The second-order valence-corrected chi connectivity index (χ2v) is 23.8. The van der Waals surface area contributed by atoms with E-state index in [9.17, 15) is 14.4 Å². The molecule has 0 saturated carbocycles. The second-order valence-electron chi connectivity index (χ2n) is 23.8. The lowest BCUT2D eigenvalue weighted by molar-refractivity contribution is -0.167. The van der Waals surface area contributed by atoms with Crippen LogP contribution in [0.3, 0.4) is 0 Å². The van der Waals surface area contributed by atoms with Crippen molar-refractivity contribution in [1.82, 2.24) is 0 Å². The van der Waals surface area contributed by atoms with Gasteiger partial charge in [0.15, 0.2) is 6.10 Å². The highest BCUT2D eigenvalue weighted by molar-refractivity contribution is 5.71. The maximum Gasteiger partial charge on any atom is 0.306 e. The van der Waals surface area contributed by atoms with Crippen LogP contribution in [0.5, 0.6) is 0 Å². The first-order valence-electron chi connectivity index (χ1n) is 35.7. The van der Waals surface area contributed by atoms with Gasteiger partial charge in [0.25, 0.3) is 0 Å². The van der Waals surface area contributed by atoms with Crippen molar-refractivity contribution < 1.29 is 28.6 Å². The summed E-state index contributed by atoms with van der Waals surface area (Å²) < 4.78 is 16.9. The molecular formula is C77H134O6. The van der Waals surface area contributed by atoms with Crippen molar-refractivity contribution in [1.29, 1.82) is 0 Å². The number of hydrogen-bond donors (Lipinski definition) is 0. The summed E-state index contributed by atoms with van der Waals surface area (Å²) in [6.07, 6.45) is 96.2. The van der Waals surface area contributed by atoms with E-state index < -0.39 is 6.10 Å². The van der Waals surface area contributed by atoms with Crippen LogP contribution in [0.1, 0.15) is 355 Å². The van der Waals surface area contributed by atoms with E-state index in [0.29, 0.717) is 19.3 Å². The molecule has 83 heavy (non-hydrogen) atoms. The number of allylic oxidation sites excluding steroid dienone is 16. The second kappa shape index (κ2) is 70.8. The summed E-state index contributed by atoms with van der Waals surface area (Å²) in [7, 11) is 0. The largest absolute Gasteiger partial charge is 0.462 e. The normalized spacial score (nSPS) is 12.7. The molecule has 0 heterocycles. The first-order chi connectivity index (χ1) is 41.0. The summed E-state index contributed by atoms with van der Waals surface area (Å²) in [4.78, 5) is 38.2. The van der Waals surface area contributed by atoms with Crippen LogP contribution in [0, 0.1) is 0 Å². The number of ether oxygens (including phenoxy) is 3. The Morgan fingerprint density at radius 1 is 0.253 bits per heavy atom. The average molecular weight is 1160 g/mol. The number of carbonyl (C=O) groups excluding carboxylic acids is 3. The molecule has 1 atom stereocenters. The Kier molecular flexibility index (Phi) is 67.7. The molecule has 0 aromatic rings. The van der Waals surface area contributed by atoms with E-state index in [1.54, 1.807) is 0 Å². The molecule has 0 radical (unpaired) electrons. The van der Waals surface area contributed by atoms with E-state index in [4.69, 9.17) is 14.2 Å². The molecular weight excluding hydrogens is 1020 g/mol. The molecule has 0 aromatic heterocycles. The summed E-state index contributed by atoms with van der Waals surface area (Å²) in [6.45, 7) is 6.49. The first kappa shape index (κ1) is 79.3. The van der Waals surface area contributed by atoms with Crippen molar-refractivity contribution in [3.05, 3.63) is 97.2 Å². The van der Waals surface area contributed by atoms with Gasteiger partial charge in [0.05, 0.1) is 0 Å². The summed E-state index contributed by atoms with van der Waals surface area (Å²) in [5, 5.41) is 0. The topological polar surface area (TPSA) is 78.9 Å². The predicted molar refractivity (Wildman–Crippen MR) is 362 cm³/mol. The minimum atomic E-state index is -0.798. The van der Waals surface area contributed by atoms with Gasteiger partial charge in [0.1, 0.15) is 13.2 Å². The Bertz CT molecular complexity index is 1610. The first-order valence-corrected chi connectivity index (χ1v) is 35.7. The molecule has 0 bridgehead atoms. The number of rotatable bonds is 65. The molecule has 478 valence electrons. The molecule has 0 saturated heterocycles. The van der Waals surface area contributed by atoms with Crippen LogP contribution in [0.15, 0.2) is 97.2 Å². The zero-order valence-corrected chi connectivity index (χ0v) is 54.9. The van der Waals surface area contributed by atoms with Gasteiger partial charge in [-0.15, -0.1) is 0 Å². The molecule has 0 aliphatic heterocycles. The number of carbonyl (C=O) groups is 3. The smallest absolute Gasteiger partial charge is 0.306 e. The summed E-state index contributed by atoms with van der Waals surface area (Å²) >= 11 is 0. The fourth-order valence-electron chi connectivity index (χ4n) is 10.2. The summed E-state index contributed by atoms with van der Waals surface area (Å²) in [5.41, 5.74) is 0. The molecule has 6 heteroatoms. The molecule has 0 spiro atoms. The van der Waals surface area contributed by atoms with E-state index in [1.807, 2.05) is 0 Å². The highest BCUT2D eigenvalue weighted by Crippen LogP contribution is 2.18. The van der Waals surface area contributed by atoms with Crippen LogP contribution >= 0.6 is 0 Å². The van der Waals surface area contributed by atoms with Gasteiger partial charge in [-0.3, -0.25) is 14.4 Å². The van der Waals surface area contributed by atoms with Crippen molar-refractivity contribution >= 4 is 17.9 Å². The molecule has 0 aliphatic carbocycles. The van der Waals surface area contributed by atoms with E-state index in [-0.39, 0.29) is 37.5 Å². The van der Waals surface area contributed by atoms with Gasteiger partial charge in [-0.2, -0.15) is 0 Å². The van der Waals surface area contributed by atoms with Crippen molar-refractivity contribution in [2.45, 2.75) is 361 Å². The standard InChI is InChI=1S/C77H134O6/c1-4-7-10-13-16-19-21-23-25-27-29-31-32-33-34-35-36-37-38-39-40-41-42-43-44-46-47-49-51-53-55-58-61-64-67-70-76(79)82-73-74(72-81-75(78)69-66-63-60-57-18-15-12-9-6-3)83-77(80)71-68-65-62-59-56-54-52-50-48-45-30-28-26-24-22-20-17-14-11-8-5-2/h8,11,17,20-21,23-24,26-27,29-30,45,50,52,56,59,74H,4-7,9-10,12-16,18-19,22,25,28,31-44,46-49,51,53-55,57-58,60-73H2,1-3H3/b11-8-,20-17-,23-21-,26-24-,29-27-,45-30-,52-50-,59-56-. The van der Waals surface area contributed by atoms with Gasteiger partial charge in [0.2, 0.25) is 0 Å². The third-order valence-electron chi connectivity index (χ3n) is 15.6. The van der Waals surface area contributed by atoms with Crippen LogP contribution < -0.4 is 0 Å². The average Bonchev–Trinajstić information content (AvgIpc) is 3.49. The van der Waals surface area contributed by atoms with Crippen LogP contribution in [0.25, 0.3) is 0 Å². The fourth-order valence-corrected chi connectivity index (χ4v) is 10.2. The highest BCUT2D eigenvalue weighted by atomic mass is 16.6. The molecule has 0 amide bonds. The Morgan fingerprint density at radius 2 is 0.470 bits per heavy atom. The monoisotopic (exact) mass is 1160 g/mol. The Labute approximate surface area is 515 Å². The minimum absolute atomic E-state index is 0.0913. The maximum absolute atomic E-state index is 12.9. The highest BCUT2D eigenvalue weighted by Gasteiger charge is 2.19. The molecule has 0 rings (SSSR count). The van der Waals surface area contributed by atoms with Gasteiger partial charge in [0, 0.05) is 19.3 Å². The van der Waals surface area contributed by atoms with Crippen LogP contribution in [0.2, 0.25) is 0 Å². The lowest BCUT2D eigenvalue weighted by Gasteiger charge is -2.18. The molecule has 1 unspecified atom stereocenters. The Hall–Kier alpha value is -3.67. The van der Waals surface area contributed by atoms with Gasteiger partial charge in [-0.25, -0.2) is 0 Å². The Morgan fingerprint density at radius 3 is 0.759 bits per heavy atom. The van der Waals surface area contributed by atoms with Crippen LogP contribution in [0.4, 0.5) is 0 Å². The molecule has 0 fully saturated rings. The quantitative estimate of drug-likeness (QED) is 0.0261. The lowest BCUT2D eigenvalue weighted by atomic mass is 10.0. The van der Waals surface area contributed by atoms with Gasteiger partial charge < -0.3 is 14.2 Å². The van der Waals surface area contributed by atoms with E-state index in [2.05, 4.69) is 118 Å². The van der Waals surface area contributed by atoms with Gasteiger partial charge in [-0.05, 0) is 103 Å². The van der Waals surface area contributed by atoms with Crippen molar-refractivity contribution in [3.63, 3.8) is 0 Å². The fraction of sp³-hybridized carbons (Fsp3) is 0.753. The minimum Gasteiger partial charge on any atom is -0.462 e. The van der Waals surface area contributed by atoms with Crippen molar-refractivity contribution in [2.24, 2.45) is 0 Å². The van der Waals surface area contributed by atoms with Gasteiger partial charge >= 0.3 is 17.9 Å². The molecule has 6 nitrogen and oxygen atoms in total. The van der Waals surface area contributed by atoms with Crippen molar-refractivity contribution in [3.8, 4) is 0 Å². The van der Waals surface area contributed by atoms with Crippen LogP contribution in [-0.2, 0) is 28.6 Å². The maximum atomic E-state index is 12.9. The van der Waals surface area contributed by atoms with E-state index >= 15 is 0 Å². The van der Waals surface area contributed by atoms with E-state index in [0.717, 1.165) is 96.3 Å². The molecule has 0 N–H and O–H groups in total. The van der Waals surface area contributed by atoms with E-state index in [1.165, 1.54) is 212 Å². The third kappa shape index (κ3) is 69.0. The van der Waals surface area contributed by atoms with Gasteiger partial charge in [-0.1, -0.05) is 330 Å². The van der Waals surface area contributed by atoms with Crippen LogP contribution in [-0.4, -0.2) is 37.2 Å². The summed E-state index contributed by atoms with van der Waals surface area (Å²) in [5.74, 6) is -0.924. The molecule has 0 aromatic carbocycles. The number of esters is 3. The number of hydrogen-bond acceptors (Lipinski definition) is 6. The molecule has 0 aliphatic rings.